The highest BCUT2D eigenvalue weighted by atomic mass is 19.1. The van der Waals surface area contributed by atoms with Gasteiger partial charge in [0.1, 0.15) is 11.6 Å². The Hall–Kier alpha value is -2.92. The van der Waals surface area contributed by atoms with Crippen LogP contribution in [0.2, 0.25) is 0 Å². The zero-order chi connectivity index (χ0) is 19.4. The fourth-order valence-corrected chi connectivity index (χ4v) is 4.24. The van der Waals surface area contributed by atoms with Crippen molar-refractivity contribution in [2.45, 2.75) is 12.8 Å². The van der Waals surface area contributed by atoms with Gasteiger partial charge in [-0.3, -0.25) is 0 Å². The largest absolute Gasteiger partial charge is 0.354 e. The minimum absolute atomic E-state index is 0.257. The van der Waals surface area contributed by atoms with E-state index in [0.717, 1.165) is 63.0 Å². The van der Waals surface area contributed by atoms with Crippen molar-refractivity contribution < 1.29 is 8.78 Å². The standard InChI is InChI=1S/C23H21F2N3/c1-28(2)9-3-4-15-22-18(16-10-13(24)5-7-20(16)26-22)12-19-17-11-14(25)6-8-21(17)27-23(15)19/h5-8,10-12,26-27H,3-4,9H2,1-2H3. The van der Waals surface area contributed by atoms with Crippen LogP contribution in [0.1, 0.15) is 12.0 Å². The molecule has 2 heterocycles. The first-order chi connectivity index (χ1) is 13.5. The number of aromatic nitrogens is 2. The summed E-state index contributed by atoms with van der Waals surface area (Å²) in [6, 6.07) is 11.7. The van der Waals surface area contributed by atoms with Gasteiger partial charge in [0.25, 0.3) is 0 Å². The Morgan fingerprint density at radius 3 is 1.79 bits per heavy atom. The molecule has 2 aromatic heterocycles. The van der Waals surface area contributed by atoms with E-state index < -0.39 is 0 Å². The van der Waals surface area contributed by atoms with Crippen LogP contribution in [-0.2, 0) is 6.42 Å². The van der Waals surface area contributed by atoms with E-state index in [2.05, 4.69) is 35.0 Å². The highest BCUT2D eigenvalue weighted by Crippen LogP contribution is 2.37. The quantitative estimate of drug-likeness (QED) is 0.412. The van der Waals surface area contributed by atoms with E-state index >= 15 is 0 Å². The highest BCUT2D eigenvalue weighted by molar-refractivity contribution is 6.19. The molecule has 28 heavy (non-hydrogen) atoms. The molecule has 142 valence electrons. The van der Waals surface area contributed by atoms with E-state index in [0.29, 0.717) is 0 Å². The van der Waals surface area contributed by atoms with Crippen LogP contribution in [0.4, 0.5) is 8.78 Å². The first-order valence-corrected chi connectivity index (χ1v) is 9.50. The molecular formula is C23H21F2N3. The van der Waals surface area contributed by atoms with Gasteiger partial charge < -0.3 is 14.9 Å². The Bertz CT molecular complexity index is 1250. The van der Waals surface area contributed by atoms with Gasteiger partial charge in [-0.1, -0.05) is 0 Å². The number of hydrogen-bond donors (Lipinski definition) is 2. The van der Waals surface area contributed by atoms with Crippen LogP contribution < -0.4 is 0 Å². The summed E-state index contributed by atoms with van der Waals surface area (Å²) in [6.45, 7) is 0.974. The third-order valence-electron chi connectivity index (χ3n) is 5.53. The van der Waals surface area contributed by atoms with E-state index in [1.54, 1.807) is 24.3 Å². The van der Waals surface area contributed by atoms with E-state index in [9.17, 15) is 8.78 Å². The summed E-state index contributed by atoms with van der Waals surface area (Å²) in [7, 11) is 4.13. The lowest BCUT2D eigenvalue weighted by molar-refractivity contribution is 0.401. The van der Waals surface area contributed by atoms with E-state index in [-0.39, 0.29) is 11.6 Å². The zero-order valence-electron chi connectivity index (χ0n) is 15.9. The maximum absolute atomic E-state index is 13.9. The van der Waals surface area contributed by atoms with E-state index in [1.807, 2.05) is 0 Å². The summed E-state index contributed by atoms with van der Waals surface area (Å²) in [5, 5.41) is 3.67. The van der Waals surface area contributed by atoms with Crippen LogP contribution in [-0.4, -0.2) is 35.5 Å². The molecular weight excluding hydrogens is 356 g/mol. The number of nitrogens with zero attached hydrogens (tertiary/aromatic N) is 1. The maximum Gasteiger partial charge on any atom is 0.123 e. The molecule has 0 aliphatic rings. The molecule has 0 bridgehead atoms. The fourth-order valence-electron chi connectivity index (χ4n) is 4.24. The third kappa shape index (κ3) is 2.66. The minimum Gasteiger partial charge on any atom is -0.354 e. The van der Waals surface area contributed by atoms with Crippen molar-refractivity contribution in [3.8, 4) is 0 Å². The maximum atomic E-state index is 13.9. The molecule has 3 aromatic carbocycles. The average molecular weight is 377 g/mol. The molecule has 0 atom stereocenters. The first-order valence-electron chi connectivity index (χ1n) is 9.50. The molecule has 0 amide bonds. The van der Waals surface area contributed by atoms with Crippen molar-refractivity contribution in [1.29, 1.82) is 0 Å². The summed E-state index contributed by atoms with van der Waals surface area (Å²) in [5.41, 5.74) is 5.04. The van der Waals surface area contributed by atoms with Crippen molar-refractivity contribution in [2.75, 3.05) is 20.6 Å². The Morgan fingerprint density at radius 2 is 1.29 bits per heavy atom. The number of hydrogen-bond acceptors (Lipinski definition) is 1. The molecule has 3 nitrogen and oxygen atoms in total. The van der Waals surface area contributed by atoms with Gasteiger partial charge in [0.15, 0.2) is 0 Å². The second-order valence-corrected chi connectivity index (χ2v) is 7.74. The number of fused-ring (bicyclic) bond motifs is 6. The van der Waals surface area contributed by atoms with Crippen molar-refractivity contribution in [3.05, 3.63) is 59.7 Å². The summed E-state index contributed by atoms with van der Waals surface area (Å²) >= 11 is 0. The molecule has 5 heteroatoms. The SMILES string of the molecule is CN(C)CCCc1c2[nH]c3ccc(F)cc3c2cc2c1[nH]c1ccc(F)cc12. The lowest BCUT2D eigenvalue weighted by Gasteiger charge is -2.10. The number of rotatable bonds is 4. The normalized spacial score (nSPS) is 12.3. The zero-order valence-corrected chi connectivity index (χ0v) is 15.9. The van der Waals surface area contributed by atoms with Crippen LogP contribution in [0.15, 0.2) is 42.5 Å². The molecule has 0 unspecified atom stereocenters. The van der Waals surface area contributed by atoms with E-state index in [4.69, 9.17) is 0 Å². The smallest absolute Gasteiger partial charge is 0.123 e. The molecule has 0 spiro atoms. The monoisotopic (exact) mass is 377 g/mol. The molecule has 0 fully saturated rings. The molecule has 5 rings (SSSR count). The summed E-state index contributed by atoms with van der Waals surface area (Å²) in [4.78, 5) is 9.14. The minimum atomic E-state index is -0.257. The Kier molecular flexibility index (Phi) is 3.88. The van der Waals surface area contributed by atoms with Crippen molar-refractivity contribution in [2.24, 2.45) is 0 Å². The Balaban J connectivity index is 1.86. The lowest BCUT2D eigenvalue weighted by atomic mass is 10.00. The lowest BCUT2D eigenvalue weighted by Crippen LogP contribution is -2.13. The molecule has 0 saturated heterocycles. The number of H-pyrrole nitrogens is 2. The Labute approximate surface area is 160 Å². The number of aryl methyl sites for hydroxylation is 1. The van der Waals surface area contributed by atoms with Gasteiger partial charge >= 0.3 is 0 Å². The summed E-state index contributed by atoms with van der Waals surface area (Å²) in [6.07, 6.45) is 1.87. The predicted molar refractivity (Wildman–Crippen MR) is 112 cm³/mol. The second kappa shape index (κ2) is 6.31. The molecule has 5 aromatic rings. The molecule has 0 radical (unpaired) electrons. The van der Waals surface area contributed by atoms with Crippen molar-refractivity contribution in [1.82, 2.24) is 14.9 Å². The summed E-state index contributed by atoms with van der Waals surface area (Å²) in [5.74, 6) is -0.514. The molecule has 0 aliphatic carbocycles. The second-order valence-electron chi connectivity index (χ2n) is 7.74. The van der Waals surface area contributed by atoms with Gasteiger partial charge in [0.05, 0.1) is 11.0 Å². The highest BCUT2D eigenvalue weighted by Gasteiger charge is 2.17. The van der Waals surface area contributed by atoms with Crippen LogP contribution >= 0.6 is 0 Å². The summed E-state index contributed by atoms with van der Waals surface area (Å²) < 4.78 is 27.8. The Morgan fingerprint density at radius 1 is 0.750 bits per heavy atom. The predicted octanol–water partition coefficient (Wildman–Crippen LogP) is 5.73. The molecule has 0 aliphatic heterocycles. The van der Waals surface area contributed by atoms with Gasteiger partial charge in [0.2, 0.25) is 0 Å². The van der Waals surface area contributed by atoms with Gasteiger partial charge in [-0.25, -0.2) is 8.78 Å². The average Bonchev–Trinajstić information content (AvgIpc) is 3.19. The van der Waals surface area contributed by atoms with E-state index in [1.165, 1.54) is 17.7 Å². The van der Waals surface area contributed by atoms with Gasteiger partial charge in [-0.15, -0.1) is 0 Å². The number of halogens is 2. The van der Waals surface area contributed by atoms with Crippen LogP contribution in [0.25, 0.3) is 43.6 Å². The number of benzene rings is 3. The van der Waals surface area contributed by atoms with Crippen molar-refractivity contribution >= 4 is 43.6 Å². The topological polar surface area (TPSA) is 34.8 Å². The van der Waals surface area contributed by atoms with Crippen molar-refractivity contribution in [3.63, 3.8) is 0 Å². The number of nitrogens with one attached hydrogen (secondary N) is 2. The van der Waals surface area contributed by atoms with Gasteiger partial charge in [-0.2, -0.15) is 0 Å². The van der Waals surface area contributed by atoms with Crippen LogP contribution in [0, 0.1) is 11.6 Å². The van der Waals surface area contributed by atoms with Gasteiger partial charge in [0, 0.05) is 38.1 Å². The number of aromatic amines is 2. The third-order valence-corrected chi connectivity index (χ3v) is 5.53. The van der Waals surface area contributed by atoms with Crippen LogP contribution in [0.5, 0.6) is 0 Å². The first kappa shape index (κ1) is 17.2. The van der Waals surface area contributed by atoms with Crippen LogP contribution in [0.3, 0.4) is 0 Å². The molecule has 2 N–H and O–H groups in total. The molecule has 0 saturated carbocycles. The fraction of sp³-hybridized carbons (Fsp3) is 0.217. The van der Waals surface area contributed by atoms with Gasteiger partial charge in [-0.05, 0) is 75.9 Å².